The summed E-state index contributed by atoms with van der Waals surface area (Å²) in [5, 5.41) is 6.46. The lowest BCUT2D eigenvalue weighted by Crippen LogP contribution is -2.41. The van der Waals surface area contributed by atoms with Crippen LogP contribution in [0.25, 0.3) is 0 Å². The average molecular weight is 395 g/mol. The van der Waals surface area contributed by atoms with Gasteiger partial charge in [0, 0.05) is 26.2 Å². The smallest absolute Gasteiger partial charge is 0.244 e. The second-order valence-corrected chi connectivity index (χ2v) is 6.97. The minimum atomic E-state index is 0.0594. The minimum Gasteiger partial charge on any atom is -0.494 e. The van der Waals surface area contributed by atoms with Crippen LogP contribution in [0.1, 0.15) is 24.5 Å². The van der Waals surface area contributed by atoms with Crippen molar-refractivity contribution in [1.29, 1.82) is 0 Å². The van der Waals surface area contributed by atoms with Gasteiger partial charge in [-0.25, -0.2) is 4.99 Å². The highest BCUT2D eigenvalue weighted by Gasteiger charge is 2.19. The van der Waals surface area contributed by atoms with Crippen LogP contribution in [0.3, 0.4) is 0 Å². The molecule has 6 nitrogen and oxygen atoms in total. The number of amides is 1. The standard InChI is InChI=1S/C23H30N4O2/c1-2-24-23(25-14-8-16-29-21-11-4-3-5-12-21)26-17-22(28)27-15-13-19-9-6-7-10-20(19)18-27/h3-7,9-12H,2,8,13-18H2,1H3,(H2,24,25,26). The molecular weight excluding hydrogens is 364 g/mol. The van der Waals surface area contributed by atoms with Gasteiger partial charge in [0.2, 0.25) is 5.91 Å². The summed E-state index contributed by atoms with van der Waals surface area (Å²) in [6.07, 6.45) is 1.75. The fourth-order valence-electron chi connectivity index (χ4n) is 3.28. The molecule has 0 bridgehead atoms. The number of aliphatic imine (C=N–C) groups is 1. The van der Waals surface area contributed by atoms with E-state index in [1.165, 1.54) is 11.1 Å². The highest BCUT2D eigenvalue weighted by molar-refractivity contribution is 5.85. The molecule has 0 spiro atoms. The number of guanidine groups is 1. The largest absolute Gasteiger partial charge is 0.494 e. The molecule has 6 heteroatoms. The Morgan fingerprint density at radius 1 is 1.07 bits per heavy atom. The van der Waals surface area contributed by atoms with Gasteiger partial charge in [0.15, 0.2) is 5.96 Å². The number of benzene rings is 2. The lowest BCUT2D eigenvalue weighted by Gasteiger charge is -2.28. The van der Waals surface area contributed by atoms with E-state index < -0.39 is 0 Å². The zero-order valence-corrected chi connectivity index (χ0v) is 17.1. The topological polar surface area (TPSA) is 66.0 Å². The van der Waals surface area contributed by atoms with Gasteiger partial charge in [-0.2, -0.15) is 0 Å². The number of hydrogen-bond acceptors (Lipinski definition) is 3. The third-order valence-electron chi connectivity index (χ3n) is 4.83. The molecule has 1 aliphatic rings. The van der Waals surface area contributed by atoms with Crippen LogP contribution >= 0.6 is 0 Å². The van der Waals surface area contributed by atoms with Crippen LogP contribution in [0.5, 0.6) is 5.75 Å². The molecule has 0 aromatic heterocycles. The van der Waals surface area contributed by atoms with Crippen molar-refractivity contribution in [1.82, 2.24) is 15.5 Å². The second-order valence-electron chi connectivity index (χ2n) is 6.97. The molecular formula is C23H30N4O2. The molecule has 0 aliphatic carbocycles. The zero-order valence-electron chi connectivity index (χ0n) is 17.1. The van der Waals surface area contributed by atoms with Gasteiger partial charge in [0.05, 0.1) is 6.61 Å². The number of carbonyl (C=O) groups excluding carboxylic acids is 1. The van der Waals surface area contributed by atoms with Crippen LogP contribution in [0.2, 0.25) is 0 Å². The van der Waals surface area contributed by atoms with Crippen molar-refractivity contribution in [3.8, 4) is 5.75 Å². The molecule has 1 heterocycles. The third-order valence-corrected chi connectivity index (χ3v) is 4.83. The van der Waals surface area contributed by atoms with E-state index in [0.29, 0.717) is 19.1 Å². The molecule has 0 saturated heterocycles. The van der Waals surface area contributed by atoms with Crippen molar-refractivity contribution in [2.75, 3.05) is 32.8 Å². The fourth-order valence-corrected chi connectivity index (χ4v) is 3.28. The number of nitrogens with zero attached hydrogens (tertiary/aromatic N) is 2. The van der Waals surface area contributed by atoms with E-state index in [-0.39, 0.29) is 12.5 Å². The molecule has 2 aromatic rings. The van der Waals surface area contributed by atoms with Gasteiger partial charge in [-0.15, -0.1) is 0 Å². The number of carbonyl (C=O) groups is 1. The maximum absolute atomic E-state index is 12.6. The molecule has 2 N–H and O–H groups in total. The van der Waals surface area contributed by atoms with E-state index in [2.05, 4.69) is 33.8 Å². The highest BCUT2D eigenvalue weighted by atomic mass is 16.5. The molecule has 154 valence electrons. The van der Waals surface area contributed by atoms with E-state index in [4.69, 9.17) is 4.74 Å². The maximum Gasteiger partial charge on any atom is 0.244 e. The molecule has 0 unspecified atom stereocenters. The van der Waals surface area contributed by atoms with Crippen LogP contribution in [0.15, 0.2) is 59.6 Å². The first-order valence-electron chi connectivity index (χ1n) is 10.3. The molecule has 0 atom stereocenters. The van der Waals surface area contributed by atoms with Crippen molar-refractivity contribution in [3.05, 3.63) is 65.7 Å². The number of fused-ring (bicyclic) bond motifs is 1. The SMILES string of the molecule is CCNC(=NCC(=O)N1CCc2ccccc2C1)NCCCOc1ccccc1. The Hall–Kier alpha value is -3.02. The lowest BCUT2D eigenvalue weighted by atomic mass is 10.00. The molecule has 1 amide bonds. The van der Waals surface area contributed by atoms with Crippen LogP contribution in [0, 0.1) is 0 Å². The van der Waals surface area contributed by atoms with Crippen molar-refractivity contribution in [2.24, 2.45) is 4.99 Å². The van der Waals surface area contributed by atoms with Crippen molar-refractivity contribution in [2.45, 2.75) is 26.3 Å². The Labute approximate surface area is 173 Å². The van der Waals surface area contributed by atoms with E-state index >= 15 is 0 Å². The molecule has 29 heavy (non-hydrogen) atoms. The van der Waals surface area contributed by atoms with Crippen molar-refractivity contribution in [3.63, 3.8) is 0 Å². The summed E-state index contributed by atoms with van der Waals surface area (Å²) in [7, 11) is 0. The van der Waals surface area contributed by atoms with Crippen molar-refractivity contribution >= 4 is 11.9 Å². The van der Waals surface area contributed by atoms with E-state index in [9.17, 15) is 4.79 Å². The number of rotatable bonds is 8. The first-order valence-corrected chi connectivity index (χ1v) is 10.3. The first kappa shape index (κ1) is 20.7. The van der Waals surface area contributed by atoms with Gasteiger partial charge in [0.1, 0.15) is 12.3 Å². The molecule has 1 aliphatic heterocycles. The molecule has 2 aromatic carbocycles. The first-order chi connectivity index (χ1) is 14.3. The van der Waals surface area contributed by atoms with Crippen LogP contribution < -0.4 is 15.4 Å². The average Bonchev–Trinajstić information content (AvgIpc) is 2.77. The predicted octanol–water partition coefficient (Wildman–Crippen LogP) is 2.60. The van der Waals surface area contributed by atoms with Gasteiger partial charge in [-0.1, -0.05) is 42.5 Å². The maximum atomic E-state index is 12.6. The summed E-state index contributed by atoms with van der Waals surface area (Å²) < 4.78 is 5.69. The van der Waals surface area contributed by atoms with Gasteiger partial charge in [-0.3, -0.25) is 4.79 Å². The van der Waals surface area contributed by atoms with Gasteiger partial charge in [-0.05, 0) is 43.0 Å². The van der Waals surface area contributed by atoms with Crippen LogP contribution in [-0.2, 0) is 17.8 Å². The summed E-state index contributed by atoms with van der Waals surface area (Å²) in [5.41, 5.74) is 2.58. The van der Waals surface area contributed by atoms with E-state index in [1.807, 2.05) is 48.2 Å². The van der Waals surface area contributed by atoms with Crippen molar-refractivity contribution < 1.29 is 9.53 Å². The summed E-state index contributed by atoms with van der Waals surface area (Å²) in [5.74, 6) is 1.60. The van der Waals surface area contributed by atoms with Gasteiger partial charge in [0.25, 0.3) is 0 Å². The van der Waals surface area contributed by atoms with E-state index in [0.717, 1.165) is 38.2 Å². The number of nitrogens with one attached hydrogen (secondary N) is 2. The quantitative estimate of drug-likeness (QED) is 0.410. The van der Waals surface area contributed by atoms with E-state index in [1.54, 1.807) is 0 Å². The highest BCUT2D eigenvalue weighted by Crippen LogP contribution is 2.18. The number of hydrogen-bond donors (Lipinski definition) is 2. The monoisotopic (exact) mass is 394 g/mol. The Balaban J connectivity index is 1.42. The molecule has 0 fully saturated rings. The second kappa shape index (κ2) is 11.1. The Bertz CT molecular complexity index is 808. The molecule has 0 radical (unpaired) electrons. The van der Waals surface area contributed by atoms with Gasteiger partial charge >= 0.3 is 0 Å². The van der Waals surface area contributed by atoms with Gasteiger partial charge < -0.3 is 20.3 Å². The van der Waals surface area contributed by atoms with Crippen LogP contribution in [0.4, 0.5) is 0 Å². The Morgan fingerprint density at radius 3 is 2.62 bits per heavy atom. The third kappa shape index (κ3) is 6.52. The summed E-state index contributed by atoms with van der Waals surface area (Å²) >= 11 is 0. The summed E-state index contributed by atoms with van der Waals surface area (Å²) in [4.78, 5) is 18.9. The van der Waals surface area contributed by atoms with Crippen LogP contribution in [-0.4, -0.2) is 49.6 Å². The zero-order chi connectivity index (χ0) is 20.3. The lowest BCUT2D eigenvalue weighted by molar-refractivity contribution is -0.130. The Kier molecular flexibility index (Phi) is 7.92. The summed E-state index contributed by atoms with van der Waals surface area (Å²) in [6, 6.07) is 18.1. The molecule has 3 rings (SSSR count). The Morgan fingerprint density at radius 2 is 1.83 bits per heavy atom. The normalized spacial score (nSPS) is 13.6. The summed E-state index contributed by atoms with van der Waals surface area (Å²) in [6.45, 7) is 5.69. The number of para-hydroxylation sites is 1. The predicted molar refractivity (Wildman–Crippen MR) is 116 cm³/mol. The number of ether oxygens (including phenoxy) is 1. The minimum absolute atomic E-state index is 0.0594. The molecule has 0 saturated carbocycles. The fraction of sp³-hybridized carbons (Fsp3) is 0.391.